The van der Waals surface area contributed by atoms with Gasteiger partial charge in [0.15, 0.2) is 0 Å². The summed E-state index contributed by atoms with van der Waals surface area (Å²) < 4.78 is 4.62. The molecule has 0 unspecified atom stereocenters. The second kappa shape index (κ2) is 5.30. The second-order valence-corrected chi connectivity index (χ2v) is 2.09. The van der Waals surface area contributed by atoms with Crippen LogP contribution in [0.4, 0.5) is 0 Å². The molecule has 0 aromatic carbocycles. The van der Waals surface area contributed by atoms with Crippen molar-refractivity contribution >= 4 is 17.6 Å². The molecule has 0 bridgehead atoms. The first-order chi connectivity index (χ1) is 4.72. The first-order valence-electron chi connectivity index (χ1n) is 3.25. The molecular formula is C7H11ClO2. The molecule has 58 valence electrons. The first-order valence-corrected chi connectivity index (χ1v) is 3.63. The molecule has 0 atom stereocenters. The number of carbonyl (C=O) groups is 1. The van der Waals surface area contributed by atoms with Crippen LogP contribution in [0.2, 0.25) is 0 Å². The smallest absolute Gasteiger partial charge is 0.349 e. The van der Waals surface area contributed by atoms with Crippen LogP contribution < -0.4 is 0 Å². The predicted octanol–water partition coefficient (Wildman–Crippen LogP) is 2.08. The fourth-order valence-electron chi connectivity index (χ4n) is 0.463. The van der Waals surface area contributed by atoms with E-state index >= 15 is 0 Å². The van der Waals surface area contributed by atoms with Gasteiger partial charge in [-0.2, -0.15) is 0 Å². The molecule has 0 saturated heterocycles. The predicted molar refractivity (Wildman–Crippen MR) is 40.9 cm³/mol. The van der Waals surface area contributed by atoms with Crippen LogP contribution in [0.5, 0.6) is 0 Å². The molecule has 2 nitrogen and oxygen atoms in total. The Morgan fingerprint density at radius 1 is 1.60 bits per heavy atom. The number of esters is 1. The van der Waals surface area contributed by atoms with Gasteiger partial charge in [0.25, 0.3) is 0 Å². The third-order valence-electron chi connectivity index (χ3n) is 0.854. The zero-order chi connectivity index (χ0) is 7.98. The van der Waals surface area contributed by atoms with E-state index in [2.05, 4.69) is 4.74 Å². The van der Waals surface area contributed by atoms with Crippen molar-refractivity contribution in [3.05, 3.63) is 11.1 Å². The van der Waals surface area contributed by atoms with Crippen molar-refractivity contribution in [3.8, 4) is 0 Å². The van der Waals surface area contributed by atoms with E-state index in [1.165, 1.54) is 0 Å². The van der Waals surface area contributed by atoms with E-state index < -0.39 is 5.97 Å². The van der Waals surface area contributed by atoms with E-state index in [1.54, 1.807) is 13.0 Å². The van der Waals surface area contributed by atoms with Crippen molar-refractivity contribution in [1.82, 2.24) is 0 Å². The van der Waals surface area contributed by atoms with Gasteiger partial charge in [-0.05, 0) is 13.3 Å². The zero-order valence-electron chi connectivity index (χ0n) is 6.19. The Kier molecular flexibility index (Phi) is 5.03. The van der Waals surface area contributed by atoms with Crippen molar-refractivity contribution in [3.63, 3.8) is 0 Å². The Bertz CT molecular complexity index is 141. The van der Waals surface area contributed by atoms with E-state index in [-0.39, 0.29) is 5.03 Å². The Hall–Kier alpha value is -0.500. The largest absolute Gasteiger partial charge is 0.462 e. The highest BCUT2D eigenvalue weighted by Gasteiger charge is 2.04. The van der Waals surface area contributed by atoms with Gasteiger partial charge in [-0.3, -0.25) is 0 Å². The Labute approximate surface area is 65.8 Å². The van der Waals surface area contributed by atoms with Crippen LogP contribution in [0.15, 0.2) is 11.1 Å². The van der Waals surface area contributed by atoms with Gasteiger partial charge in [-0.15, -0.1) is 0 Å². The Balaban J connectivity index is 3.82. The van der Waals surface area contributed by atoms with E-state index in [9.17, 15) is 4.79 Å². The van der Waals surface area contributed by atoms with E-state index in [4.69, 9.17) is 11.6 Å². The van der Waals surface area contributed by atoms with Crippen molar-refractivity contribution in [2.75, 3.05) is 6.61 Å². The fourth-order valence-corrected chi connectivity index (χ4v) is 0.671. The molecule has 0 saturated carbocycles. The number of allylic oxidation sites excluding steroid dienone is 1. The van der Waals surface area contributed by atoms with Crippen molar-refractivity contribution in [2.24, 2.45) is 0 Å². The van der Waals surface area contributed by atoms with Gasteiger partial charge in [-0.1, -0.05) is 24.6 Å². The summed E-state index contributed by atoms with van der Waals surface area (Å²) >= 11 is 5.50. The maximum Gasteiger partial charge on any atom is 0.349 e. The summed E-state index contributed by atoms with van der Waals surface area (Å²) in [6.07, 6.45) is 2.37. The molecule has 0 fully saturated rings. The monoisotopic (exact) mass is 162 g/mol. The van der Waals surface area contributed by atoms with Crippen molar-refractivity contribution in [1.29, 1.82) is 0 Å². The number of ether oxygens (including phenoxy) is 1. The molecule has 0 amide bonds. The molecular weight excluding hydrogens is 152 g/mol. The van der Waals surface area contributed by atoms with Crippen LogP contribution in [0.3, 0.4) is 0 Å². The SMILES string of the molecule is CCC=C(Cl)C(=O)OCC. The van der Waals surface area contributed by atoms with Gasteiger partial charge in [0.05, 0.1) is 6.61 Å². The number of rotatable bonds is 3. The molecule has 0 aliphatic rings. The summed E-state index contributed by atoms with van der Waals surface area (Å²) in [7, 11) is 0. The van der Waals surface area contributed by atoms with Gasteiger partial charge in [0, 0.05) is 0 Å². The third-order valence-corrected chi connectivity index (χ3v) is 1.16. The Morgan fingerprint density at radius 2 is 2.20 bits per heavy atom. The molecule has 0 aromatic rings. The molecule has 0 aromatic heterocycles. The molecule has 0 spiro atoms. The molecule has 0 aliphatic carbocycles. The Morgan fingerprint density at radius 3 is 2.60 bits per heavy atom. The molecule has 0 N–H and O–H groups in total. The van der Waals surface area contributed by atoms with E-state index in [0.717, 1.165) is 6.42 Å². The maximum absolute atomic E-state index is 10.7. The lowest BCUT2D eigenvalue weighted by molar-refractivity contribution is -0.137. The third kappa shape index (κ3) is 3.51. The molecule has 10 heavy (non-hydrogen) atoms. The number of carbonyl (C=O) groups excluding carboxylic acids is 1. The topological polar surface area (TPSA) is 26.3 Å². The number of hydrogen-bond donors (Lipinski definition) is 0. The van der Waals surface area contributed by atoms with Crippen molar-refractivity contribution < 1.29 is 9.53 Å². The van der Waals surface area contributed by atoms with Crippen LogP contribution in [-0.4, -0.2) is 12.6 Å². The van der Waals surface area contributed by atoms with E-state index in [0.29, 0.717) is 6.61 Å². The summed E-state index contributed by atoms with van der Waals surface area (Å²) in [6, 6.07) is 0. The zero-order valence-corrected chi connectivity index (χ0v) is 6.94. The average molecular weight is 163 g/mol. The van der Waals surface area contributed by atoms with Crippen LogP contribution >= 0.6 is 11.6 Å². The second-order valence-electron chi connectivity index (χ2n) is 1.68. The van der Waals surface area contributed by atoms with Crippen LogP contribution in [-0.2, 0) is 9.53 Å². The van der Waals surface area contributed by atoms with Gasteiger partial charge in [0.1, 0.15) is 5.03 Å². The van der Waals surface area contributed by atoms with Crippen LogP contribution in [0.1, 0.15) is 20.3 Å². The molecule has 0 radical (unpaired) electrons. The minimum Gasteiger partial charge on any atom is -0.462 e. The lowest BCUT2D eigenvalue weighted by Crippen LogP contribution is -2.03. The summed E-state index contributed by atoms with van der Waals surface area (Å²) in [4.78, 5) is 10.7. The maximum atomic E-state index is 10.7. The minimum absolute atomic E-state index is 0.171. The van der Waals surface area contributed by atoms with E-state index in [1.807, 2.05) is 6.92 Å². The molecule has 0 aliphatic heterocycles. The highest BCUT2D eigenvalue weighted by atomic mass is 35.5. The minimum atomic E-state index is -0.439. The van der Waals surface area contributed by atoms with Crippen LogP contribution in [0, 0.1) is 0 Å². The normalized spacial score (nSPS) is 11.3. The van der Waals surface area contributed by atoms with Crippen LogP contribution in [0.25, 0.3) is 0 Å². The first kappa shape index (κ1) is 9.50. The average Bonchev–Trinajstić information content (AvgIpc) is 1.89. The van der Waals surface area contributed by atoms with Gasteiger partial charge < -0.3 is 4.74 Å². The number of halogens is 1. The molecule has 0 rings (SSSR count). The fraction of sp³-hybridized carbons (Fsp3) is 0.571. The highest BCUT2D eigenvalue weighted by molar-refractivity contribution is 6.41. The van der Waals surface area contributed by atoms with Gasteiger partial charge in [0.2, 0.25) is 0 Å². The van der Waals surface area contributed by atoms with Gasteiger partial charge in [-0.25, -0.2) is 4.79 Å². The number of hydrogen-bond acceptors (Lipinski definition) is 2. The molecule has 0 heterocycles. The summed E-state index contributed by atoms with van der Waals surface area (Å²) in [5.74, 6) is -0.439. The summed E-state index contributed by atoms with van der Waals surface area (Å²) in [5.41, 5.74) is 0. The lowest BCUT2D eigenvalue weighted by Gasteiger charge is -1.97. The standard InChI is InChI=1S/C7H11ClO2/c1-3-5-6(8)7(9)10-4-2/h5H,3-4H2,1-2H3. The quantitative estimate of drug-likeness (QED) is 0.469. The summed E-state index contributed by atoms with van der Waals surface area (Å²) in [6.45, 7) is 4.02. The highest BCUT2D eigenvalue weighted by Crippen LogP contribution is 2.04. The molecule has 3 heteroatoms. The lowest BCUT2D eigenvalue weighted by atomic mass is 10.4. The van der Waals surface area contributed by atoms with Gasteiger partial charge >= 0.3 is 5.97 Å². The summed E-state index contributed by atoms with van der Waals surface area (Å²) in [5, 5.41) is 0.171. The van der Waals surface area contributed by atoms with Crippen molar-refractivity contribution in [2.45, 2.75) is 20.3 Å².